The van der Waals surface area contributed by atoms with Crippen LogP contribution in [-0.4, -0.2) is 31.3 Å². The van der Waals surface area contributed by atoms with E-state index in [0.717, 1.165) is 19.3 Å². The smallest absolute Gasteiger partial charge is 0.350 e. The van der Waals surface area contributed by atoms with Crippen molar-refractivity contribution in [1.29, 1.82) is 0 Å². The van der Waals surface area contributed by atoms with Crippen molar-refractivity contribution in [1.82, 2.24) is 4.72 Å². The molecule has 0 bridgehead atoms. The van der Waals surface area contributed by atoms with E-state index in [1.54, 1.807) is 4.72 Å². The molecule has 0 aliphatic heterocycles. The minimum Gasteiger partial charge on any atom is -0.480 e. The Labute approximate surface area is 98.3 Å². The Morgan fingerprint density at radius 3 is 2.18 bits per heavy atom. The molecule has 0 amide bonds. The molecule has 0 radical (unpaired) electrons. The standard InChI is InChI=1S/C9H15F2NO4S/c10-9(11)17(15,16)12-7(8(13)14)6-4-2-1-3-5-6/h6-7,9,12H,1-5H2,(H,13,14). The van der Waals surface area contributed by atoms with Gasteiger partial charge in [0.15, 0.2) is 0 Å². The molecule has 1 saturated carbocycles. The van der Waals surface area contributed by atoms with E-state index < -0.39 is 33.7 Å². The molecule has 17 heavy (non-hydrogen) atoms. The van der Waals surface area contributed by atoms with Crippen molar-refractivity contribution in [2.24, 2.45) is 5.92 Å². The van der Waals surface area contributed by atoms with Crippen LogP contribution in [0.25, 0.3) is 0 Å². The van der Waals surface area contributed by atoms with E-state index in [2.05, 4.69) is 0 Å². The number of carboxylic acid groups (broad SMARTS) is 1. The van der Waals surface area contributed by atoms with Crippen molar-refractivity contribution in [3.63, 3.8) is 0 Å². The Hall–Kier alpha value is -0.760. The summed E-state index contributed by atoms with van der Waals surface area (Å²) < 4.78 is 47.8. The minimum atomic E-state index is -4.86. The van der Waals surface area contributed by atoms with Gasteiger partial charge in [0, 0.05) is 0 Å². The first kappa shape index (κ1) is 14.3. The summed E-state index contributed by atoms with van der Waals surface area (Å²) in [5, 5.41) is 8.90. The minimum absolute atomic E-state index is 0.408. The van der Waals surface area contributed by atoms with Crippen LogP contribution in [0.3, 0.4) is 0 Å². The number of carboxylic acids is 1. The van der Waals surface area contributed by atoms with Crippen molar-refractivity contribution in [3.05, 3.63) is 0 Å². The van der Waals surface area contributed by atoms with Crippen molar-refractivity contribution in [2.45, 2.75) is 43.9 Å². The summed E-state index contributed by atoms with van der Waals surface area (Å²) in [7, 11) is -4.86. The van der Waals surface area contributed by atoms with Crippen LogP contribution in [0.5, 0.6) is 0 Å². The van der Waals surface area contributed by atoms with Gasteiger partial charge in [0.2, 0.25) is 0 Å². The molecule has 0 aromatic heterocycles. The van der Waals surface area contributed by atoms with Crippen LogP contribution >= 0.6 is 0 Å². The molecule has 100 valence electrons. The van der Waals surface area contributed by atoms with Crippen molar-refractivity contribution in [3.8, 4) is 0 Å². The van der Waals surface area contributed by atoms with E-state index in [9.17, 15) is 22.0 Å². The number of nitrogens with one attached hydrogen (secondary N) is 1. The first-order valence-electron chi connectivity index (χ1n) is 5.36. The maximum atomic E-state index is 12.2. The van der Waals surface area contributed by atoms with Gasteiger partial charge in [-0.2, -0.15) is 13.5 Å². The molecule has 8 heteroatoms. The number of halogens is 2. The third-order valence-corrected chi connectivity index (χ3v) is 3.96. The highest BCUT2D eigenvalue weighted by molar-refractivity contribution is 7.89. The van der Waals surface area contributed by atoms with Gasteiger partial charge in [0.1, 0.15) is 6.04 Å². The zero-order chi connectivity index (χ0) is 13.1. The lowest BCUT2D eigenvalue weighted by atomic mass is 9.84. The fourth-order valence-electron chi connectivity index (χ4n) is 2.04. The van der Waals surface area contributed by atoms with E-state index in [4.69, 9.17) is 5.11 Å². The number of hydrogen-bond donors (Lipinski definition) is 2. The molecule has 1 aliphatic rings. The molecule has 5 nitrogen and oxygen atoms in total. The van der Waals surface area contributed by atoms with Crippen LogP contribution in [-0.2, 0) is 14.8 Å². The fourth-order valence-corrected chi connectivity index (χ4v) is 2.79. The summed E-state index contributed by atoms with van der Waals surface area (Å²) in [6.45, 7) is 0. The maximum absolute atomic E-state index is 12.2. The van der Waals surface area contributed by atoms with Gasteiger partial charge in [-0.15, -0.1) is 0 Å². The Bertz CT molecular complexity index is 365. The molecule has 1 fully saturated rings. The summed E-state index contributed by atoms with van der Waals surface area (Å²) in [6, 6.07) is -1.45. The Morgan fingerprint density at radius 1 is 1.24 bits per heavy atom. The number of aliphatic carboxylic acids is 1. The molecular weight excluding hydrogens is 256 g/mol. The fraction of sp³-hybridized carbons (Fsp3) is 0.889. The topological polar surface area (TPSA) is 83.5 Å². The number of carbonyl (C=O) groups is 1. The quantitative estimate of drug-likeness (QED) is 0.786. The third kappa shape index (κ3) is 3.88. The van der Waals surface area contributed by atoms with Gasteiger partial charge in [-0.1, -0.05) is 19.3 Å². The molecule has 1 atom stereocenters. The molecule has 0 saturated heterocycles. The third-order valence-electron chi connectivity index (χ3n) is 2.91. The Balaban J connectivity index is 2.76. The van der Waals surface area contributed by atoms with E-state index in [1.807, 2.05) is 0 Å². The van der Waals surface area contributed by atoms with E-state index in [0.29, 0.717) is 12.8 Å². The zero-order valence-corrected chi connectivity index (χ0v) is 9.92. The van der Waals surface area contributed by atoms with Crippen LogP contribution in [0.4, 0.5) is 8.78 Å². The van der Waals surface area contributed by atoms with Crippen LogP contribution in [0.15, 0.2) is 0 Å². The first-order chi connectivity index (χ1) is 7.84. The van der Waals surface area contributed by atoms with Crippen LogP contribution in [0, 0.1) is 5.92 Å². The second-order valence-corrected chi connectivity index (χ2v) is 5.82. The lowest BCUT2D eigenvalue weighted by Gasteiger charge is -2.27. The predicted octanol–water partition coefficient (Wildman–Crippen LogP) is 1.16. The normalized spacial score (nSPS) is 20.4. The zero-order valence-electron chi connectivity index (χ0n) is 9.10. The number of hydrogen-bond acceptors (Lipinski definition) is 3. The molecular formula is C9H15F2NO4S. The largest absolute Gasteiger partial charge is 0.480 e. The lowest BCUT2D eigenvalue weighted by Crippen LogP contribution is -2.48. The van der Waals surface area contributed by atoms with Gasteiger partial charge in [-0.3, -0.25) is 4.79 Å². The molecule has 0 aromatic rings. The van der Waals surface area contributed by atoms with E-state index in [-0.39, 0.29) is 0 Å². The molecule has 0 aromatic carbocycles. The predicted molar refractivity (Wildman–Crippen MR) is 56.1 cm³/mol. The number of alkyl halides is 2. The molecule has 1 unspecified atom stereocenters. The van der Waals surface area contributed by atoms with Gasteiger partial charge in [-0.05, 0) is 18.8 Å². The van der Waals surface area contributed by atoms with Gasteiger partial charge >= 0.3 is 11.7 Å². The number of rotatable bonds is 5. The van der Waals surface area contributed by atoms with Crippen molar-refractivity contribution < 1.29 is 27.1 Å². The Kier molecular flexibility index (Phi) is 4.81. The van der Waals surface area contributed by atoms with E-state index in [1.165, 1.54) is 0 Å². The van der Waals surface area contributed by atoms with Crippen LogP contribution in [0.2, 0.25) is 0 Å². The summed E-state index contributed by atoms with van der Waals surface area (Å²) in [6.07, 6.45) is 3.64. The van der Waals surface area contributed by atoms with Crippen molar-refractivity contribution >= 4 is 16.0 Å². The molecule has 1 aliphatic carbocycles. The van der Waals surface area contributed by atoms with Crippen LogP contribution in [0.1, 0.15) is 32.1 Å². The van der Waals surface area contributed by atoms with E-state index >= 15 is 0 Å². The monoisotopic (exact) mass is 271 g/mol. The lowest BCUT2D eigenvalue weighted by molar-refractivity contribution is -0.140. The van der Waals surface area contributed by atoms with Gasteiger partial charge < -0.3 is 5.11 Å². The highest BCUT2D eigenvalue weighted by Crippen LogP contribution is 2.27. The summed E-state index contributed by atoms with van der Waals surface area (Å²) in [4.78, 5) is 10.9. The maximum Gasteiger partial charge on any atom is 0.350 e. The SMILES string of the molecule is O=C(O)C(NS(=O)(=O)C(F)F)C1CCCCC1. The summed E-state index contributed by atoms with van der Waals surface area (Å²) >= 11 is 0. The average Bonchev–Trinajstić information content (AvgIpc) is 2.26. The van der Waals surface area contributed by atoms with Crippen molar-refractivity contribution in [2.75, 3.05) is 0 Å². The highest BCUT2D eigenvalue weighted by Gasteiger charge is 2.36. The molecule has 1 rings (SSSR count). The molecule has 0 spiro atoms. The van der Waals surface area contributed by atoms with Gasteiger partial charge in [0.05, 0.1) is 0 Å². The van der Waals surface area contributed by atoms with Crippen LogP contribution < -0.4 is 4.72 Å². The highest BCUT2D eigenvalue weighted by atomic mass is 32.2. The summed E-state index contributed by atoms with van der Waals surface area (Å²) in [5.41, 5.74) is 0. The number of sulfonamides is 1. The Morgan fingerprint density at radius 2 is 1.76 bits per heavy atom. The average molecular weight is 271 g/mol. The second-order valence-electron chi connectivity index (χ2n) is 4.14. The van der Waals surface area contributed by atoms with Gasteiger partial charge in [-0.25, -0.2) is 8.42 Å². The first-order valence-corrected chi connectivity index (χ1v) is 6.91. The molecule has 0 heterocycles. The van der Waals surface area contributed by atoms with Gasteiger partial charge in [0.25, 0.3) is 10.0 Å². The second kappa shape index (κ2) is 5.72. The molecule has 2 N–H and O–H groups in total. The summed E-state index contributed by atoms with van der Waals surface area (Å²) in [5.74, 6) is -5.41.